The standard InChI is InChI=1S/C25H27ClN2O4S/c1-4-24(19-11-14-21(32-3)15-12-19)27-25(29)17-28(20-13-10-18(2)23(26)16-20)33(30,31)22-8-6-5-7-9-22/h5-16,24H,4,17H2,1-3H3,(H,27,29)/t24-/m1/s1. The van der Waals surface area contributed by atoms with Crippen LogP contribution in [0.15, 0.2) is 77.7 Å². The number of nitrogens with one attached hydrogen (secondary N) is 1. The van der Waals surface area contributed by atoms with E-state index in [9.17, 15) is 13.2 Å². The number of sulfonamides is 1. The minimum atomic E-state index is -4.00. The molecule has 0 saturated carbocycles. The monoisotopic (exact) mass is 486 g/mol. The third-order valence-corrected chi connectivity index (χ3v) is 7.52. The van der Waals surface area contributed by atoms with Crippen LogP contribution >= 0.6 is 11.6 Å². The van der Waals surface area contributed by atoms with Gasteiger partial charge in [0, 0.05) is 5.02 Å². The fraction of sp³-hybridized carbons (Fsp3) is 0.240. The number of amides is 1. The average molecular weight is 487 g/mol. The summed E-state index contributed by atoms with van der Waals surface area (Å²) in [6.45, 7) is 3.40. The molecule has 3 rings (SSSR count). The number of ether oxygens (including phenoxy) is 1. The Balaban J connectivity index is 1.90. The fourth-order valence-corrected chi connectivity index (χ4v) is 5.01. The van der Waals surface area contributed by atoms with Crippen LogP contribution in [0.2, 0.25) is 5.02 Å². The average Bonchev–Trinajstić information content (AvgIpc) is 2.83. The van der Waals surface area contributed by atoms with E-state index in [-0.39, 0.29) is 17.5 Å². The molecule has 0 saturated heterocycles. The van der Waals surface area contributed by atoms with Crippen molar-refractivity contribution in [1.29, 1.82) is 0 Å². The van der Waals surface area contributed by atoms with Crippen molar-refractivity contribution >= 4 is 33.2 Å². The Labute approximate surface area is 200 Å². The minimum absolute atomic E-state index is 0.0942. The molecule has 0 aromatic heterocycles. The summed E-state index contributed by atoms with van der Waals surface area (Å²) in [5, 5.41) is 3.37. The summed E-state index contributed by atoms with van der Waals surface area (Å²) >= 11 is 6.27. The highest BCUT2D eigenvalue weighted by Gasteiger charge is 2.28. The maximum atomic E-state index is 13.4. The molecule has 1 N–H and O–H groups in total. The number of carbonyl (C=O) groups excluding carboxylic acids is 1. The van der Waals surface area contributed by atoms with E-state index in [1.807, 2.05) is 38.1 Å². The van der Waals surface area contributed by atoms with Gasteiger partial charge in [0.2, 0.25) is 5.91 Å². The number of hydrogen-bond acceptors (Lipinski definition) is 4. The maximum absolute atomic E-state index is 13.4. The van der Waals surface area contributed by atoms with E-state index >= 15 is 0 Å². The zero-order valence-electron chi connectivity index (χ0n) is 18.8. The summed E-state index contributed by atoms with van der Waals surface area (Å²) in [5.74, 6) is 0.296. The third-order valence-electron chi connectivity index (χ3n) is 5.32. The molecule has 3 aromatic carbocycles. The number of benzene rings is 3. The van der Waals surface area contributed by atoms with Gasteiger partial charge < -0.3 is 10.1 Å². The quantitative estimate of drug-likeness (QED) is 0.455. The Kier molecular flexibility index (Phi) is 8.00. The molecule has 6 nitrogen and oxygen atoms in total. The van der Waals surface area contributed by atoms with Crippen LogP contribution in [0.4, 0.5) is 5.69 Å². The number of rotatable bonds is 9. The molecule has 33 heavy (non-hydrogen) atoms. The molecule has 0 bridgehead atoms. The van der Waals surface area contributed by atoms with Gasteiger partial charge in [0.1, 0.15) is 12.3 Å². The highest BCUT2D eigenvalue weighted by atomic mass is 35.5. The Morgan fingerprint density at radius 3 is 2.30 bits per heavy atom. The lowest BCUT2D eigenvalue weighted by Crippen LogP contribution is -2.42. The zero-order valence-corrected chi connectivity index (χ0v) is 20.4. The minimum Gasteiger partial charge on any atom is -0.497 e. The maximum Gasteiger partial charge on any atom is 0.264 e. The van der Waals surface area contributed by atoms with Crippen molar-refractivity contribution in [2.45, 2.75) is 31.2 Å². The van der Waals surface area contributed by atoms with Crippen molar-refractivity contribution in [1.82, 2.24) is 5.32 Å². The second-order valence-electron chi connectivity index (χ2n) is 7.56. The smallest absolute Gasteiger partial charge is 0.264 e. The van der Waals surface area contributed by atoms with Crippen LogP contribution in [-0.2, 0) is 14.8 Å². The van der Waals surface area contributed by atoms with Crippen molar-refractivity contribution in [2.75, 3.05) is 18.0 Å². The molecule has 0 fully saturated rings. The van der Waals surface area contributed by atoms with Crippen LogP contribution in [0.5, 0.6) is 5.75 Å². The van der Waals surface area contributed by atoms with Crippen molar-refractivity contribution in [3.8, 4) is 5.75 Å². The van der Waals surface area contributed by atoms with E-state index < -0.39 is 15.9 Å². The van der Waals surface area contributed by atoms with E-state index in [4.69, 9.17) is 16.3 Å². The Bertz CT molecular complexity index is 1200. The van der Waals surface area contributed by atoms with E-state index in [2.05, 4.69) is 5.32 Å². The first-order valence-corrected chi connectivity index (χ1v) is 12.3. The molecule has 1 atom stereocenters. The number of methoxy groups -OCH3 is 1. The van der Waals surface area contributed by atoms with Crippen molar-refractivity contribution in [3.05, 3.63) is 88.9 Å². The summed E-state index contributed by atoms with van der Waals surface area (Å²) in [4.78, 5) is 13.1. The first kappa shape index (κ1) is 24.6. The van der Waals surface area contributed by atoms with Crippen LogP contribution in [-0.4, -0.2) is 28.0 Å². The van der Waals surface area contributed by atoms with Gasteiger partial charge in [-0.25, -0.2) is 8.42 Å². The lowest BCUT2D eigenvalue weighted by Gasteiger charge is -2.26. The van der Waals surface area contributed by atoms with Gasteiger partial charge >= 0.3 is 0 Å². The van der Waals surface area contributed by atoms with Gasteiger partial charge in [-0.15, -0.1) is 0 Å². The predicted molar refractivity (Wildman–Crippen MR) is 131 cm³/mol. The molecule has 0 aliphatic heterocycles. The molecule has 0 aliphatic carbocycles. The molecule has 0 aliphatic rings. The Morgan fingerprint density at radius 2 is 1.73 bits per heavy atom. The molecule has 0 unspecified atom stereocenters. The zero-order chi connectivity index (χ0) is 24.0. The molecule has 0 spiro atoms. The molecular weight excluding hydrogens is 460 g/mol. The van der Waals surface area contributed by atoms with E-state index in [1.165, 1.54) is 12.1 Å². The van der Waals surface area contributed by atoms with Gasteiger partial charge in [0.25, 0.3) is 10.0 Å². The number of anilines is 1. The van der Waals surface area contributed by atoms with Crippen LogP contribution in [0.1, 0.15) is 30.5 Å². The number of carbonyl (C=O) groups is 1. The summed E-state index contributed by atoms with van der Waals surface area (Å²) in [5.41, 5.74) is 2.04. The Morgan fingerprint density at radius 1 is 1.06 bits per heavy atom. The van der Waals surface area contributed by atoms with E-state index in [1.54, 1.807) is 43.5 Å². The second-order valence-corrected chi connectivity index (χ2v) is 9.83. The number of hydrogen-bond donors (Lipinski definition) is 1. The molecule has 0 heterocycles. The fourth-order valence-electron chi connectivity index (χ4n) is 3.40. The van der Waals surface area contributed by atoms with Gasteiger partial charge in [0.05, 0.1) is 23.7 Å². The SMILES string of the molecule is CC[C@@H](NC(=O)CN(c1ccc(C)c(Cl)c1)S(=O)(=O)c1ccccc1)c1ccc(OC)cc1. The molecule has 8 heteroatoms. The first-order valence-electron chi connectivity index (χ1n) is 10.5. The van der Waals surface area contributed by atoms with Crippen molar-refractivity contribution < 1.29 is 17.9 Å². The summed E-state index contributed by atoms with van der Waals surface area (Å²) in [6, 6.07) is 20.1. The summed E-state index contributed by atoms with van der Waals surface area (Å²) in [6.07, 6.45) is 0.639. The van der Waals surface area contributed by atoms with Crippen LogP contribution < -0.4 is 14.4 Å². The highest BCUT2D eigenvalue weighted by Crippen LogP contribution is 2.28. The highest BCUT2D eigenvalue weighted by molar-refractivity contribution is 7.92. The number of aryl methyl sites for hydroxylation is 1. The summed E-state index contributed by atoms with van der Waals surface area (Å²) in [7, 11) is -2.41. The van der Waals surface area contributed by atoms with Gasteiger partial charge in [-0.3, -0.25) is 9.10 Å². The molecule has 1 amide bonds. The van der Waals surface area contributed by atoms with Crippen LogP contribution in [0.25, 0.3) is 0 Å². The van der Waals surface area contributed by atoms with Gasteiger partial charge in [0.15, 0.2) is 0 Å². The van der Waals surface area contributed by atoms with Gasteiger partial charge in [-0.2, -0.15) is 0 Å². The molecule has 174 valence electrons. The van der Waals surface area contributed by atoms with Crippen LogP contribution in [0.3, 0.4) is 0 Å². The van der Waals surface area contributed by atoms with Gasteiger partial charge in [-0.1, -0.05) is 54.9 Å². The lowest BCUT2D eigenvalue weighted by atomic mass is 10.0. The Hall–Kier alpha value is -3.03. The number of halogens is 1. The topological polar surface area (TPSA) is 75.7 Å². The summed E-state index contributed by atoms with van der Waals surface area (Å²) < 4.78 is 33.2. The molecule has 3 aromatic rings. The van der Waals surface area contributed by atoms with Gasteiger partial charge in [-0.05, 0) is 60.9 Å². The predicted octanol–water partition coefficient (Wildman–Crippen LogP) is 5.12. The molecular formula is C25H27ClN2O4S. The van der Waals surface area contributed by atoms with E-state index in [0.29, 0.717) is 17.1 Å². The largest absolute Gasteiger partial charge is 0.497 e. The first-order chi connectivity index (χ1) is 15.8. The lowest BCUT2D eigenvalue weighted by molar-refractivity contribution is -0.120. The number of nitrogens with zero attached hydrogens (tertiary/aromatic N) is 1. The van der Waals surface area contributed by atoms with E-state index in [0.717, 1.165) is 21.2 Å². The van der Waals surface area contributed by atoms with Crippen molar-refractivity contribution in [2.24, 2.45) is 0 Å². The third kappa shape index (κ3) is 5.86. The molecule has 0 radical (unpaired) electrons. The second kappa shape index (κ2) is 10.7. The van der Waals surface area contributed by atoms with Crippen molar-refractivity contribution in [3.63, 3.8) is 0 Å². The normalized spacial score (nSPS) is 12.1. The van der Waals surface area contributed by atoms with Crippen LogP contribution in [0, 0.1) is 6.92 Å².